The summed E-state index contributed by atoms with van der Waals surface area (Å²) in [5.41, 5.74) is 3.54. The third-order valence-electron chi connectivity index (χ3n) is 3.48. The van der Waals surface area contributed by atoms with Crippen LogP contribution >= 0.6 is 0 Å². The summed E-state index contributed by atoms with van der Waals surface area (Å²) >= 11 is 0. The Morgan fingerprint density at radius 2 is 2.25 bits per heavy atom. The molecule has 0 spiro atoms. The van der Waals surface area contributed by atoms with E-state index >= 15 is 0 Å². The third kappa shape index (κ3) is 1.62. The molecule has 0 atom stereocenters. The standard InChI is InChI=1S/C15H10N2O3/c1-20-15(19)8-2-3-11-9(4-8)5-12-10(6-16)7-17-14(18)13(11)12/h2-4,7H,5H2,1H3,(H,17,18). The zero-order valence-corrected chi connectivity index (χ0v) is 10.7. The zero-order chi connectivity index (χ0) is 14.3. The normalized spacial score (nSPS) is 11.4. The second-order valence-corrected chi connectivity index (χ2v) is 4.54. The SMILES string of the molecule is COC(=O)c1ccc2c(c1)Cc1c(C#N)c[nH]c(=O)c1-2. The highest BCUT2D eigenvalue weighted by molar-refractivity contribution is 5.91. The van der Waals surface area contributed by atoms with Crippen LogP contribution in [0.2, 0.25) is 0 Å². The van der Waals surface area contributed by atoms with E-state index in [9.17, 15) is 9.59 Å². The number of fused-ring (bicyclic) bond motifs is 3. The van der Waals surface area contributed by atoms with Crippen molar-refractivity contribution < 1.29 is 9.53 Å². The minimum atomic E-state index is -0.418. The summed E-state index contributed by atoms with van der Waals surface area (Å²) in [6, 6.07) is 7.14. The van der Waals surface area contributed by atoms with Crippen molar-refractivity contribution in [3.63, 3.8) is 0 Å². The monoisotopic (exact) mass is 266 g/mol. The molecule has 1 aliphatic carbocycles. The van der Waals surface area contributed by atoms with Crippen LogP contribution in [0.4, 0.5) is 0 Å². The number of nitriles is 1. The first-order valence-corrected chi connectivity index (χ1v) is 6.02. The summed E-state index contributed by atoms with van der Waals surface area (Å²) in [7, 11) is 1.32. The van der Waals surface area contributed by atoms with E-state index in [0.29, 0.717) is 28.7 Å². The molecule has 98 valence electrons. The second kappa shape index (κ2) is 4.35. The van der Waals surface area contributed by atoms with Gasteiger partial charge >= 0.3 is 5.97 Å². The largest absolute Gasteiger partial charge is 0.465 e. The Kier molecular flexibility index (Phi) is 2.65. The van der Waals surface area contributed by atoms with Crippen LogP contribution in [0, 0.1) is 11.3 Å². The predicted octanol–water partition coefficient (Wildman–Crippen LogP) is 1.60. The fourth-order valence-electron chi connectivity index (χ4n) is 2.56. The molecule has 1 aliphatic rings. The number of aromatic nitrogens is 1. The van der Waals surface area contributed by atoms with Gasteiger partial charge in [-0.25, -0.2) is 4.79 Å². The van der Waals surface area contributed by atoms with Crippen LogP contribution in [0.5, 0.6) is 0 Å². The molecule has 20 heavy (non-hydrogen) atoms. The van der Waals surface area contributed by atoms with Gasteiger partial charge in [0.15, 0.2) is 0 Å². The van der Waals surface area contributed by atoms with Crippen LogP contribution in [0.25, 0.3) is 11.1 Å². The number of rotatable bonds is 1. The minimum absolute atomic E-state index is 0.219. The lowest BCUT2D eigenvalue weighted by atomic mass is 10.0. The molecule has 3 rings (SSSR count). The summed E-state index contributed by atoms with van der Waals surface area (Å²) in [6.07, 6.45) is 1.90. The number of H-pyrrole nitrogens is 1. The molecular formula is C15H10N2O3. The van der Waals surface area contributed by atoms with Gasteiger partial charge in [0.1, 0.15) is 6.07 Å². The fraction of sp³-hybridized carbons (Fsp3) is 0.133. The van der Waals surface area contributed by atoms with E-state index in [1.54, 1.807) is 18.2 Å². The van der Waals surface area contributed by atoms with Gasteiger partial charge < -0.3 is 9.72 Å². The maximum atomic E-state index is 12.0. The van der Waals surface area contributed by atoms with Crippen molar-refractivity contribution in [3.05, 3.63) is 57.0 Å². The second-order valence-electron chi connectivity index (χ2n) is 4.54. The Hall–Kier alpha value is -2.87. The molecule has 2 aromatic rings. The van der Waals surface area contributed by atoms with Gasteiger partial charge in [-0.1, -0.05) is 6.07 Å². The highest BCUT2D eigenvalue weighted by Crippen LogP contribution is 2.35. The molecule has 1 heterocycles. The van der Waals surface area contributed by atoms with E-state index in [-0.39, 0.29) is 5.56 Å². The Labute approximate surface area is 114 Å². The molecule has 1 aromatic heterocycles. The number of nitrogens with one attached hydrogen (secondary N) is 1. The average Bonchev–Trinajstić information content (AvgIpc) is 2.86. The van der Waals surface area contributed by atoms with Gasteiger partial charge in [0.05, 0.1) is 23.8 Å². The molecule has 0 radical (unpaired) electrons. The molecular weight excluding hydrogens is 256 g/mol. The Morgan fingerprint density at radius 1 is 1.45 bits per heavy atom. The summed E-state index contributed by atoms with van der Waals surface area (Å²) in [5, 5.41) is 9.11. The molecule has 1 N–H and O–H groups in total. The van der Waals surface area contributed by atoms with Crippen molar-refractivity contribution in [3.8, 4) is 17.2 Å². The van der Waals surface area contributed by atoms with Crippen LogP contribution in [0.1, 0.15) is 27.0 Å². The van der Waals surface area contributed by atoms with Gasteiger partial charge in [0.2, 0.25) is 0 Å². The van der Waals surface area contributed by atoms with Gasteiger partial charge in [0.25, 0.3) is 5.56 Å². The average molecular weight is 266 g/mol. The van der Waals surface area contributed by atoms with E-state index in [1.165, 1.54) is 13.3 Å². The van der Waals surface area contributed by atoms with Crippen LogP contribution in [-0.4, -0.2) is 18.1 Å². The number of carbonyl (C=O) groups excluding carboxylic acids is 1. The van der Waals surface area contributed by atoms with E-state index < -0.39 is 5.97 Å². The summed E-state index contributed by atoms with van der Waals surface area (Å²) < 4.78 is 4.68. The van der Waals surface area contributed by atoms with Crippen LogP contribution in [-0.2, 0) is 11.2 Å². The lowest BCUT2D eigenvalue weighted by Crippen LogP contribution is -2.10. The number of benzene rings is 1. The van der Waals surface area contributed by atoms with Crippen molar-refractivity contribution in [2.45, 2.75) is 6.42 Å². The number of pyridine rings is 1. The first-order valence-electron chi connectivity index (χ1n) is 6.02. The highest BCUT2D eigenvalue weighted by Gasteiger charge is 2.25. The van der Waals surface area contributed by atoms with Crippen molar-refractivity contribution in [2.24, 2.45) is 0 Å². The quantitative estimate of drug-likeness (QED) is 0.678. The summed E-state index contributed by atoms with van der Waals surface area (Å²) in [5.74, 6) is -0.418. The molecule has 0 saturated carbocycles. The molecule has 0 saturated heterocycles. The van der Waals surface area contributed by atoms with Gasteiger partial charge in [-0.2, -0.15) is 5.26 Å². The van der Waals surface area contributed by atoms with Gasteiger partial charge in [-0.3, -0.25) is 4.79 Å². The van der Waals surface area contributed by atoms with Crippen LogP contribution in [0.15, 0.2) is 29.2 Å². The predicted molar refractivity (Wildman–Crippen MR) is 71.4 cm³/mol. The molecule has 1 aromatic carbocycles. The van der Waals surface area contributed by atoms with Crippen molar-refractivity contribution in [1.82, 2.24) is 4.98 Å². The first-order chi connectivity index (χ1) is 9.65. The maximum absolute atomic E-state index is 12.0. The Morgan fingerprint density at radius 3 is 2.95 bits per heavy atom. The van der Waals surface area contributed by atoms with Gasteiger partial charge in [-0.05, 0) is 28.8 Å². The van der Waals surface area contributed by atoms with E-state index in [1.807, 2.05) is 0 Å². The topological polar surface area (TPSA) is 82.9 Å². The van der Waals surface area contributed by atoms with Crippen molar-refractivity contribution >= 4 is 5.97 Å². The maximum Gasteiger partial charge on any atom is 0.337 e. The number of nitrogens with zero attached hydrogens (tertiary/aromatic N) is 1. The Balaban J connectivity index is 2.21. The molecule has 5 nitrogen and oxygen atoms in total. The number of aromatic amines is 1. The van der Waals surface area contributed by atoms with Crippen molar-refractivity contribution in [2.75, 3.05) is 7.11 Å². The zero-order valence-electron chi connectivity index (χ0n) is 10.7. The number of hydrogen-bond donors (Lipinski definition) is 1. The molecule has 5 heteroatoms. The third-order valence-corrected chi connectivity index (χ3v) is 3.48. The lowest BCUT2D eigenvalue weighted by molar-refractivity contribution is 0.0600. The molecule has 0 unspecified atom stereocenters. The van der Waals surface area contributed by atoms with Gasteiger partial charge in [-0.15, -0.1) is 0 Å². The fourth-order valence-corrected chi connectivity index (χ4v) is 2.56. The van der Waals surface area contributed by atoms with E-state index in [4.69, 9.17) is 5.26 Å². The Bertz CT molecular complexity index is 828. The van der Waals surface area contributed by atoms with E-state index in [0.717, 1.165) is 11.1 Å². The molecule has 0 amide bonds. The molecule has 0 aliphatic heterocycles. The van der Waals surface area contributed by atoms with Gasteiger partial charge in [0, 0.05) is 12.6 Å². The number of ether oxygens (including phenoxy) is 1. The van der Waals surface area contributed by atoms with Crippen molar-refractivity contribution in [1.29, 1.82) is 5.26 Å². The molecule has 0 bridgehead atoms. The number of esters is 1. The number of carbonyl (C=O) groups is 1. The number of methoxy groups -OCH3 is 1. The van der Waals surface area contributed by atoms with E-state index in [2.05, 4.69) is 15.8 Å². The van der Waals surface area contributed by atoms with Crippen LogP contribution < -0.4 is 5.56 Å². The number of hydrogen-bond acceptors (Lipinski definition) is 4. The highest BCUT2D eigenvalue weighted by atomic mass is 16.5. The smallest absolute Gasteiger partial charge is 0.337 e. The lowest BCUT2D eigenvalue weighted by Gasteiger charge is -2.03. The van der Waals surface area contributed by atoms with Crippen LogP contribution in [0.3, 0.4) is 0 Å². The summed E-state index contributed by atoms with van der Waals surface area (Å²) in [6.45, 7) is 0. The summed E-state index contributed by atoms with van der Waals surface area (Å²) in [4.78, 5) is 26.1. The first kappa shape index (κ1) is 12.2. The molecule has 0 fully saturated rings. The minimum Gasteiger partial charge on any atom is -0.465 e.